The highest BCUT2D eigenvalue weighted by Gasteiger charge is 2.50. The summed E-state index contributed by atoms with van der Waals surface area (Å²) in [5.74, 6) is 0.870. The molecule has 0 bridgehead atoms. The van der Waals surface area contributed by atoms with Gasteiger partial charge in [0.1, 0.15) is 0 Å². The number of carbonyl (C=O) groups excluding carboxylic acids is 2. The molecule has 4 atom stereocenters. The number of fused-ring (bicyclic) bond motifs is 1. The van der Waals surface area contributed by atoms with E-state index >= 15 is 0 Å². The SMILES string of the molecule is CN1C[C@@H](CC(=O)NC2CC2)[C@H]2[C@H](CC(=O)N3CCOCC3)OC[C@H]21. The minimum atomic E-state index is -0.0657. The lowest BCUT2D eigenvalue weighted by molar-refractivity contribution is -0.138. The molecule has 7 heteroatoms. The Labute approximate surface area is 149 Å². The molecule has 0 unspecified atom stereocenters. The maximum Gasteiger partial charge on any atom is 0.225 e. The summed E-state index contributed by atoms with van der Waals surface area (Å²) in [7, 11) is 2.10. The second kappa shape index (κ2) is 7.21. The van der Waals surface area contributed by atoms with Gasteiger partial charge in [0, 0.05) is 44.1 Å². The van der Waals surface area contributed by atoms with E-state index in [1.54, 1.807) is 0 Å². The van der Waals surface area contributed by atoms with Crippen LogP contribution in [0.1, 0.15) is 25.7 Å². The van der Waals surface area contributed by atoms with Gasteiger partial charge in [0.25, 0.3) is 0 Å². The van der Waals surface area contributed by atoms with E-state index < -0.39 is 0 Å². The average molecular weight is 351 g/mol. The number of ether oxygens (including phenoxy) is 2. The Bertz CT molecular complexity index is 518. The van der Waals surface area contributed by atoms with Crippen LogP contribution < -0.4 is 5.32 Å². The van der Waals surface area contributed by atoms with Crippen LogP contribution in [0.5, 0.6) is 0 Å². The molecule has 4 aliphatic rings. The fourth-order valence-electron chi connectivity index (χ4n) is 4.62. The quantitative estimate of drug-likeness (QED) is 0.746. The lowest BCUT2D eigenvalue weighted by Crippen LogP contribution is -2.43. The van der Waals surface area contributed by atoms with Gasteiger partial charge in [-0.15, -0.1) is 0 Å². The molecule has 0 aromatic carbocycles. The van der Waals surface area contributed by atoms with E-state index in [2.05, 4.69) is 17.3 Å². The van der Waals surface area contributed by atoms with E-state index in [4.69, 9.17) is 9.47 Å². The van der Waals surface area contributed by atoms with Crippen molar-refractivity contribution in [2.45, 2.75) is 43.9 Å². The van der Waals surface area contributed by atoms with Crippen LogP contribution in [0.15, 0.2) is 0 Å². The van der Waals surface area contributed by atoms with Crippen LogP contribution in [-0.2, 0) is 19.1 Å². The van der Waals surface area contributed by atoms with Gasteiger partial charge in [-0.3, -0.25) is 9.59 Å². The van der Waals surface area contributed by atoms with Gasteiger partial charge in [-0.05, 0) is 25.8 Å². The summed E-state index contributed by atoms with van der Waals surface area (Å²) in [4.78, 5) is 29.1. The molecule has 1 saturated carbocycles. The van der Waals surface area contributed by atoms with Crippen molar-refractivity contribution >= 4 is 11.8 Å². The number of morpholine rings is 1. The van der Waals surface area contributed by atoms with Crippen LogP contribution >= 0.6 is 0 Å². The second-order valence-electron chi connectivity index (χ2n) is 7.96. The first-order chi connectivity index (χ1) is 12.1. The predicted octanol–water partition coefficient (Wildman–Crippen LogP) is -0.151. The highest BCUT2D eigenvalue weighted by atomic mass is 16.5. The zero-order valence-corrected chi connectivity index (χ0v) is 15.0. The third kappa shape index (κ3) is 3.83. The van der Waals surface area contributed by atoms with Gasteiger partial charge in [0.2, 0.25) is 11.8 Å². The van der Waals surface area contributed by atoms with Crippen molar-refractivity contribution < 1.29 is 19.1 Å². The standard InChI is InChI=1S/C18H29N3O4/c1-20-10-12(8-16(22)19-13-2-3-13)18-14(20)11-25-15(18)9-17(23)21-4-6-24-7-5-21/h12-15,18H,2-11H2,1H3,(H,19,22)/t12-,14-,15+,18-/m1/s1. The molecule has 1 N–H and O–H groups in total. The van der Waals surface area contributed by atoms with E-state index in [0.29, 0.717) is 57.8 Å². The number of rotatable bonds is 5. The lowest BCUT2D eigenvalue weighted by atomic mass is 9.84. The summed E-state index contributed by atoms with van der Waals surface area (Å²) in [6.07, 6.45) is 3.14. The van der Waals surface area contributed by atoms with E-state index in [-0.39, 0.29) is 29.8 Å². The Morgan fingerprint density at radius 3 is 2.64 bits per heavy atom. The molecule has 7 nitrogen and oxygen atoms in total. The van der Waals surface area contributed by atoms with Gasteiger partial charge in [-0.2, -0.15) is 0 Å². The zero-order chi connectivity index (χ0) is 17.4. The van der Waals surface area contributed by atoms with Crippen LogP contribution in [0.2, 0.25) is 0 Å². The molecule has 3 saturated heterocycles. The molecule has 4 rings (SSSR count). The third-order valence-corrected chi connectivity index (χ3v) is 6.12. The van der Waals surface area contributed by atoms with Crippen molar-refractivity contribution in [1.82, 2.24) is 15.1 Å². The molecule has 140 valence electrons. The summed E-state index contributed by atoms with van der Waals surface area (Å²) in [6, 6.07) is 0.738. The van der Waals surface area contributed by atoms with Gasteiger partial charge in [0.15, 0.2) is 0 Å². The van der Waals surface area contributed by atoms with Crippen molar-refractivity contribution in [2.24, 2.45) is 11.8 Å². The van der Waals surface area contributed by atoms with E-state index in [9.17, 15) is 9.59 Å². The van der Waals surface area contributed by atoms with Crippen molar-refractivity contribution in [3.8, 4) is 0 Å². The first-order valence-corrected chi connectivity index (χ1v) is 9.58. The molecule has 3 heterocycles. The highest BCUT2D eigenvalue weighted by molar-refractivity contribution is 5.78. The van der Waals surface area contributed by atoms with E-state index in [1.165, 1.54) is 0 Å². The van der Waals surface area contributed by atoms with Crippen LogP contribution in [0, 0.1) is 11.8 Å². The number of carbonyl (C=O) groups is 2. The zero-order valence-electron chi connectivity index (χ0n) is 15.0. The van der Waals surface area contributed by atoms with Crippen LogP contribution in [-0.4, -0.2) is 86.3 Å². The summed E-state index contributed by atoms with van der Waals surface area (Å²) < 4.78 is 11.3. The highest BCUT2D eigenvalue weighted by Crippen LogP contribution is 2.41. The van der Waals surface area contributed by atoms with Crippen molar-refractivity contribution in [3.05, 3.63) is 0 Å². The Morgan fingerprint density at radius 2 is 1.92 bits per heavy atom. The number of hydrogen-bond acceptors (Lipinski definition) is 5. The average Bonchev–Trinajstić information content (AvgIpc) is 3.22. The van der Waals surface area contributed by atoms with E-state index in [1.807, 2.05) is 4.90 Å². The smallest absolute Gasteiger partial charge is 0.225 e. The Balaban J connectivity index is 1.36. The number of nitrogens with zero attached hydrogens (tertiary/aromatic N) is 2. The predicted molar refractivity (Wildman–Crippen MR) is 90.9 cm³/mol. The molecule has 0 radical (unpaired) electrons. The molecule has 1 aliphatic carbocycles. The molecule has 0 aromatic heterocycles. The van der Waals surface area contributed by atoms with Crippen LogP contribution in [0.4, 0.5) is 0 Å². The maximum atomic E-state index is 12.6. The molecule has 0 aromatic rings. The Hall–Kier alpha value is -1.18. The number of likely N-dealkylation sites (tertiary alicyclic amines) is 1. The molecule has 25 heavy (non-hydrogen) atoms. The Kier molecular flexibility index (Phi) is 4.97. The van der Waals surface area contributed by atoms with E-state index in [0.717, 1.165) is 19.4 Å². The normalized spacial score (nSPS) is 35.6. The summed E-state index contributed by atoms with van der Waals surface area (Å²) in [5, 5.41) is 3.10. The van der Waals surface area contributed by atoms with Crippen LogP contribution in [0.3, 0.4) is 0 Å². The van der Waals surface area contributed by atoms with Crippen LogP contribution in [0.25, 0.3) is 0 Å². The first kappa shape index (κ1) is 17.2. The fraction of sp³-hybridized carbons (Fsp3) is 0.889. The van der Waals surface area contributed by atoms with Gasteiger partial charge in [0.05, 0.1) is 32.3 Å². The van der Waals surface area contributed by atoms with Gasteiger partial charge in [-0.25, -0.2) is 0 Å². The fourth-order valence-corrected chi connectivity index (χ4v) is 4.62. The molecule has 3 aliphatic heterocycles. The largest absolute Gasteiger partial charge is 0.378 e. The number of hydrogen-bond donors (Lipinski definition) is 1. The molecule has 4 fully saturated rings. The van der Waals surface area contributed by atoms with Gasteiger partial charge < -0.3 is 24.6 Å². The minimum absolute atomic E-state index is 0.0657. The van der Waals surface area contributed by atoms with Gasteiger partial charge in [-0.1, -0.05) is 0 Å². The third-order valence-electron chi connectivity index (χ3n) is 6.12. The molecular formula is C18H29N3O4. The molecular weight excluding hydrogens is 322 g/mol. The van der Waals surface area contributed by atoms with Gasteiger partial charge >= 0.3 is 0 Å². The minimum Gasteiger partial charge on any atom is -0.378 e. The number of nitrogens with one attached hydrogen (secondary N) is 1. The second-order valence-corrected chi connectivity index (χ2v) is 7.96. The number of likely N-dealkylation sites (N-methyl/N-ethyl adjacent to an activating group) is 1. The topological polar surface area (TPSA) is 71.1 Å². The molecule has 0 spiro atoms. The molecule has 2 amide bonds. The first-order valence-electron chi connectivity index (χ1n) is 9.58. The maximum absolute atomic E-state index is 12.6. The Morgan fingerprint density at radius 1 is 1.16 bits per heavy atom. The summed E-state index contributed by atoms with van der Waals surface area (Å²) in [5.41, 5.74) is 0. The van der Waals surface area contributed by atoms with Crippen molar-refractivity contribution in [1.29, 1.82) is 0 Å². The lowest BCUT2D eigenvalue weighted by Gasteiger charge is -2.29. The summed E-state index contributed by atoms with van der Waals surface area (Å²) >= 11 is 0. The van der Waals surface area contributed by atoms with Crippen molar-refractivity contribution in [3.63, 3.8) is 0 Å². The monoisotopic (exact) mass is 351 g/mol. The number of amides is 2. The summed E-state index contributed by atoms with van der Waals surface area (Å²) in [6.45, 7) is 4.17. The van der Waals surface area contributed by atoms with Crippen molar-refractivity contribution in [2.75, 3.05) is 46.5 Å².